The molecule has 0 aliphatic heterocycles. The normalized spacial score (nSPS) is 11.1. The standard InChI is InChI=1S/C14H13BrN2O2/c1-9-12(8-16-17(9)2)14(19)5-3-10-7-11(15)4-6-13(10)18/h3-8,18H,1-2H3. The van der Waals surface area contributed by atoms with Gasteiger partial charge in [0.1, 0.15) is 5.75 Å². The second kappa shape index (κ2) is 5.40. The number of carbonyl (C=O) groups excluding carboxylic acids is 1. The summed E-state index contributed by atoms with van der Waals surface area (Å²) in [5.74, 6) is 0.000124. The Bertz CT molecular complexity index is 659. The fourth-order valence-corrected chi connectivity index (χ4v) is 2.03. The molecule has 0 spiro atoms. The summed E-state index contributed by atoms with van der Waals surface area (Å²) in [7, 11) is 1.79. The average molecular weight is 321 g/mol. The van der Waals surface area contributed by atoms with Gasteiger partial charge in [0.05, 0.1) is 11.8 Å². The topological polar surface area (TPSA) is 55.1 Å². The maximum absolute atomic E-state index is 12.0. The second-order valence-electron chi connectivity index (χ2n) is 4.17. The quantitative estimate of drug-likeness (QED) is 0.698. The molecule has 0 aliphatic carbocycles. The molecule has 5 heteroatoms. The highest BCUT2D eigenvalue weighted by atomic mass is 79.9. The van der Waals surface area contributed by atoms with Crippen LogP contribution in [0, 0.1) is 6.92 Å². The van der Waals surface area contributed by atoms with Crippen LogP contribution in [0.3, 0.4) is 0 Å². The minimum atomic E-state index is -0.134. The van der Waals surface area contributed by atoms with Gasteiger partial charge in [-0.25, -0.2) is 0 Å². The third kappa shape index (κ3) is 2.93. The number of benzene rings is 1. The lowest BCUT2D eigenvalue weighted by molar-refractivity contribution is 0.104. The number of halogens is 1. The number of phenolic OH excluding ortho intramolecular Hbond substituents is 1. The summed E-state index contributed by atoms with van der Waals surface area (Å²) in [4.78, 5) is 12.0. The Labute approximate surface area is 119 Å². The van der Waals surface area contributed by atoms with Crippen LogP contribution in [0.2, 0.25) is 0 Å². The van der Waals surface area contributed by atoms with Crippen molar-refractivity contribution in [1.29, 1.82) is 0 Å². The van der Waals surface area contributed by atoms with E-state index in [-0.39, 0.29) is 11.5 Å². The molecule has 2 rings (SSSR count). The molecule has 4 nitrogen and oxygen atoms in total. The smallest absolute Gasteiger partial charge is 0.189 e. The van der Waals surface area contributed by atoms with Crippen LogP contribution in [0.4, 0.5) is 0 Å². The number of allylic oxidation sites excluding steroid dienone is 1. The SMILES string of the molecule is Cc1c(C(=O)C=Cc2cc(Br)ccc2O)cnn1C. The number of carbonyl (C=O) groups is 1. The third-order valence-corrected chi connectivity index (χ3v) is 3.40. The first-order valence-electron chi connectivity index (χ1n) is 5.68. The number of hydrogen-bond donors (Lipinski definition) is 1. The predicted molar refractivity (Wildman–Crippen MR) is 77.1 cm³/mol. The molecule has 1 aromatic heterocycles. The van der Waals surface area contributed by atoms with E-state index in [9.17, 15) is 9.90 Å². The summed E-state index contributed by atoms with van der Waals surface area (Å²) in [6, 6.07) is 5.05. The van der Waals surface area contributed by atoms with Crippen molar-refractivity contribution in [2.75, 3.05) is 0 Å². The summed E-state index contributed by atoms with van der Waals surface area (Å²) in [6.45, 7) is 1.84. The molecule has 1 heterocycles. The highest BCUT2D eigenvalue weighted by Gasteiger charge is 2.10. The average Bonchev–Trinajstić information content (AvgIpc) is 2.71. The van der Waals surface area contributed by atoms with Crippen molar-refractivity contribution < 1.29 is 9.90 Å². The minimum Gasteiger partial charge on any atom is -0.507 e. The molecule has 0 unspecified atom stereocenters. The zero-order valence-electron chi connectivity index (χ0n) is 10.6. The Morgan fingerprint density at radius 1 is 1.47 bits per heavy atom. The molecule has 0 fully saturated rings. The van der Waals surface area contributed by atoms with Crippen LogP contribution >= 0.6 is 15.9 Å². The van der Waals surface area contributed by atoms with E-state index in [1.54, 1.807) is 42.2 Å². The Morgan fingerprint density at radius 2 is 2.21 bits per heavy atom. The number of aromatic nitrogens is 2. The van der Waals surface area contributed by atoms with Gasteiger partial charge in [-0.2, -0.15) is 5.10 Å². The molecule has 1 aromatic carbocycles. The largest absolute Gasteiger partial charge is 0.507 e. The number of rotatable bonds is 3. The number of aryl methyl sites for hydroxylation is 1. The summed E-state index contributed by atoms with van der Waals surface area (Å²) >= 11 is 3.32. The van der Waals surface area contributed by atoms with Gasteiger partial charge in [-0.3, -0.25) is 9.48 Å². The van der Waals surface area contributed by atoms with Crippen LogP contribution < -0.4 is 0 Å². The predicted octanol–water partition coefficient (Wildman–Crippen LogP) is 3.09. The zero-order chi connectivity index (χ0) is 14.0. The Balaban J connectivity index is 2.25. The molecule has 0 saturated carbocycles. The van der Waals surface area contributed by atoms with Gasteiger partial charge < -0.3 is 5.11 Å². The van der Waals surface area contributed by atoms with E-state index in [1.165, 1.54) is 6.08 Å². The van der Waals surface area contributed by atoms with E-state index in [0.29, 0.717) is 11.1 Å². The van der Waals surface area contributed by atoms with Crippen LogP contribution in [-0.2, 0) is 7.05 Å². The molecule has 0 amide bonds. The van der Waals surface area contributed by atoms with Gasteiger partial charge in [-0.15, -0.1) is 0 Å². The van der Waals surface area contributed by atoms with Gasteiger partial charge in [-0.05, 0) is 37.3 Å². The summed E-state index contributed by atoms with van der Waals surface area (Å²) in [5, 5.41) is 13.7. The summed E-state index contributed by atoms with van der Waals surface area (Å²) < 4.78 is 2.49. The van der Waals surface area contributed by atoms with Crippen molar-refractivity contribution in [1.82, 2.24) is 9.78 Å². The van der Waals surface area contributed by atoms with Gasteiger partial charge in [0.25, 0.3) is 0 Å². The van der Waals surface area contributed by atoms with E-state index in [4.69, 9.17) is 0 Å². The fraction of sp³-hybridized carbons (Fsp3) is 0.143. The lowest BCUT2D eigenvalue weighted by Crippen LogP contribution is -1.98. The van der Waals surface area contributed by atoms with Crippen LogP contribution in [0.5, 0.6) is 5.75 Å². The van der Waals surface area contributed by atoms with Gasteiger partial charge in [-0.1, -0.05) is 15.9 Å². The molecule has 2 aromatic rings. The van der Waals surface area contributed by atoms with E-state index in [1.807, 2.05) is 6.92 Å². The van der Waals surface area contributed by atoms with E-state index < -0.39 is 0 Å². The Morgan fingerprint density at radius 3 is 2.84 bits per heavy atom. The van der Waals surface area contributed by atoms with Crippen LogP contribution in [-0.4, -0.2) is 20.7 Å². The number of nitrogens with zero attached hydrogens (tertiary/aromatic N) is 2. The van der Waals surface area contributed by atoms with Crippen molar-refractivity contribution in [3.63, 3.8) is 0 Å². The first kappa shape index (κ1) is 13.5. The number of ketones is 1. The van der Waals surface area contributed by atoms with Crippen molar-refractivity contribution >= 4 is 27.8 Å². The zero-order valence-corrected chi connectivity index (χ0v) is 12.2. The van der Waals surface area contributed by atoms with Crippen molar-refractivity contribution in [2.24, 2.45) is 7.05 Å². The third-order valence-electron chi connectivity index (χ3n) is 2.90. The van der Waals surface area contributed by atoms with Gasteiger partial charge >= 0.3 is 0 Å². The Hall–Kier alpha value is -1.88. The van der Waals surface area contributed by atoms with Gasteiger partial charge in [0, 0.05) is 22.8 Å². The van der Waals surface area contributed by atoms with Crippen LogP contribution in [0.1, 0.15) is 21.6 Å². The maximum atomic E-state index is 12.0. The first-order chi connectivity index (χ1) is 8.99. The number of aromatic hydroxyl groups is 1. The highest BCUT2D eigenvalue weighted by Crippen LogP contribution is 2.23. The molecule has 0 atom stereocenters. The lowest BCUT2D eigenvalue weighted by atomic mass is 10.1. The number of phenols is 1. The fourth-order valence-electron chi connectivity index (χ4n) is 1.65. The molecule has 19 heavy (non-hydrogen) atoms. The highest BCUT2D eigenvalue weighted by molar-refractivity contribution is 9.10. The molecule has 1 N–H and O–H groups in total. The van der Waals surface area contributed by atoms with Crippen LogP contribution in [0.15, 0.2) is 34.9 Å². The maximum Gasteiger partial charge on any atom is 0.189 e. The van der Waals surface area contributed by atoms with E-state index >= 15 is 0 Å². The molecule has 0 saturated heterocycles. The van der Waals surface area contributed by atoms with Crippen molar-refractivity contribution in [2.45, 2.75) is 6.92 Å². The Kier molecular flexibility index (Phi) is 3.85. The molecular weight excluding hydrogens is 308 g/mol. The molecule has 0 bridgehead atoms. The van der Waals surface area contributed by atoms with Gasteiger partial charge in [0.2, 0.25) is 0 Å². The molecule has 0 radical (unpaired) electrons. The van der Waals surface area contributed by atoms with E-state index in [2.05, 4.69) is 21.0 Å². The minimum absolute atomic E-state index is 0.134. The summed E-state index contributed by atoms with van der Waals surface area (Å²) in [6.07, 6.45) is 4.57. The molecular formula is C14H13BrN2O2. The second-order valence-corrected chi connectivity index (χ2v) is 5.08. The number of hydrogen-bond acceptors (Lipinski definition) is 3. The first-order valence-corrected chi connectivity index (χ1v) is 6.48. The lowest BCUT2D eigenvalue weighted by Gasteiger charge is -1.99. The van der Waals surface area contributed by atoms with Gasteiger partial charge in [0.15, 0.2) is 5.78 Å². The monoisotopic (exact) mass is 320 g/mol. The van der Waals surface area contributed by atoms with Crippen molar-refractivity contribution in [3.05, 3.63) is 51.8 Å². The van der Waals surface area contributed by atoms with E-state index in [0.717, 1.165) is 10.2 Å². The summed E-state index contributed by atoms with van der Waals surface area (Å²) in [5.41, 5.74) is 1.96. The molecule has 0 aliphatic rings. The molecule has 98 valence electrons. The van der Waals surface area contributed by atoms with Crippen LogP contribution in [0.25, 0.3) is 6.08 Å². The van der Waals surface area contributed by atoms with Crippen molar-refractivity contribution in [3.8, 4) is 5.75 Å².